The number of anilines is 2. The van der Waals surface area contributed by atoms with Crippen molar-refractivity contribution >= 4 is 17.5 Å². The van der Waals surface area contributed by atoms with Gasteiger partial charge in [-0.05, 0) is 30.3 Å². The van der Waals surface area contributed by atoms with Crippen molar-refractivity contribution in [3.8, 4) is 0 Å². The fraction of sp³-hybridized carbons (Fsp3) is 0.0833. The van der Waals surface area contributed by atoms with Gasteiger partial charge in [0.1, 0.15) is 11.6 Å². The van der Waals surface area contributed by atoms with E-state index in [0.29, 0.717) is 11.5 Å². The first-order valence-corrected chi connectivity index (χ1v) is 5.13. The van der Waals surface area contributed by atoms with Crippen LogP contribution >= 0.6 is 0 Å². The van der Waals surface area contributed by atoms with Crippen molar-refractivity contribution in [1.29, 1.82) is 0 Å². The molecule has 92 valence electrons. The summed E-state index contributed by atoms with van der Waals surface area (Å²) in [6, 6.07) is 7.37. The highest BCUT2D eigenvalue weighted by Gasteiger charge is 2.09. The van der Waals surface area contributed by atoms with E-state index in [1.165, 1.54) is 25.4 Å². The number of aromatic nitrogens is 2. The second kappa shape index (κ2) is 5.22. The Bertz CT molecular complexity index is 558. The molecule has 0 unspecified atom stereocenters. The van der Waals surface area contributed by atoms with E-state index in [9.17, 15) is 9.18 Å². The summed E-state index contributed by atoms with van der Waals surface area (Å²) in [6.45, 7) is 0. The molecule has 6 heteroatoms. The average Bonchev–Trinajstić information content (AvgIpc) is 2.41. The molecule has 2 rings (SSSR count). The average molecular weight is 247 g/mol. The molecule has 0 aliphatic heterocycles. The molecule has 0 atom stereocenters. The number of ether oxygens (including phenoxy) is 1. The highest BCUT2D eigenvalue weighted by Crippen LogP contribution is 2.14. The second-order valence-corrected chi connectivity index (χ2v) is 3.39. The summed E-state index contributed by atoms with van der Waals surface area (Å²) >= 11 is 0. The Morgan fingerprint density at radius 2 is 2.00 bits per heavy atom. The van der Waals surface area contributed by atoms with E-state index >= 15 is 0 Å². The maximum absolute atomic E-state index is 12.7. The second-order valence-electron chi connectivity index (χ2n) is 3.39. The number of esters is 1. The summed E-state index contributed by atoms with van der Waals surface area (Å²) in [7, 11) is 1.26. The first kappa shape index (κ1) is 12.0. The maximum Gasteiger partial charge on any atom is 0.376 e. The Labute approximate surface area is 103 Å². The summed E-state index contributed by atoms with van der Waals surface area (Å²) < 4.78 is 17.2. The van der Waals surface area contributed by atoms with Crippen LogP contribution in [0.15, 0.2) is 36.5 Å². The minimum Gasteiger partial charge on any atom is -0.463 e. The van der Waals surface area contributed by atoms with Crippen LogP contribution in [0.25, 0.3) is 0 Å². The van der Waals surface area contributed by atoms with Gasteiger partial charge in [-0.2, -0.15) is 0 Å². The van der Waals surface area contributed by atoms with Gasteiger partial charge in [0.25, 0.3) is 0 Å². The monoisotopic (exact) mass is 247 g/mol. The minimum absolute atomic E-state index is 0.0374. The minimum atomic E-state index is -0.613. The van der Waals surface area contributed by atoms with Gasteiger partial charge in [0.05, 0.1) is 7.11 Å². The molecule has 0 fully saturated rings. The molecule has 0 spiro atoms. The Hall–Kier alpha value is -2.50. The lowest BCUT2D eigenvalue weighted by atomic mass is 10.3. The summed E-state index contributed by atoms with van der Waals surface area (Å²) in [4.78, 5) is 19.0. The first-order valence-electron chi connectivity index (χ1n) is 5.13. The van der Waals surface area contributed by atoms with Crippen molar-refractivity contribution in [1.82, 2.24) is 9.97 Å². The molecular formula is C12H10FN3O2. The van der Waals surface area contributed by atoms with Crippen molar-refractivity contribution in [3.63, 3.8) is 0 Å². The quantitative estimate of drug-likeness (QED) is 0.842. The third kappa shape index (κ3) is 2.79. The molecular weight excluding hydrogens is 237 g/mol. The van der Waals surface area contributed by atoms with Crippen LogP contribution < -0.4 is 5.32 Å². The van der Waals surface area contributed by atoms with Crippen molar-refractivity contribution < 1.29 is 13.9 Å². The predicted octanol–water partition coefficient (Wildman–Crippen LogP) is 2.15. The zero-order chi connectivity index (χ0) is 13.0. The van der Waals surface area contributed by atoms with E-state index in [4.69, 9.17) is 0 Å². The number of hydrogen-bond donors (Lipinski definition) is 1. The lowest BCUT2D eigenvalue weighted by Gasteiger charge is -2.05. The molecule has 1 aromatic heterocycles. The molecule has 2 aromatic rings. The first-order chi connectivity index (χ1) is 8.69. The van der Waals surface area contributed by atoms with E-state index < -0.39 is 5.97 Å². The topological polar surface area (TPSA) is 64.1 Å². The number of nitrogens with zero attached hydrogens (tertiary/aromatic N) is 2. The summed E-state index contributed by atoms with van der Waals surface area (Å²) in [5.41, 5.74) is 0.658. The Kier molecular flexibility index (Phi) is 3.47. The maximum atomic E-state index is 12.7. The molecule has 0 radical (unpaired) electrons. The van der Waals surface area contributed by atoms with Crippen LogP contribution in [0.1, 0.15) is 10.6 Å². The van der Waals surface area contributed by atoms with E-state index in [2.05, 4.69) is 20.0 Å². The molecule has 1 N–H and O–H groups in total. The summed E-state index contributed by atoms with van der Waals surface area (Å²) in [5.74, 6) is -0.544. The molecule has 0 saturated heterocycles. The highest BCUT2D eigenvalue weighted by atomic mass is 19.1. The Balaban J connectivity index is 2.19. The third-order valence-corrected chi connectivity index (χ3v) is 2.14. The number of nitrogens with one attached hydrogen (secondary N) is 1. The van der Waals surface area contributed by atoms with E-state index in [1.807, 2.05) is 0 Å². The summed E-state index contributed by atoms with van der Waals surface area (Å²) in [5, 5.41) is 2.92. The van der Waals surface area contributed by atoms with Gasteiger partial charge < -0.3 is 10.1 Å². The van der Waals surface area contributed by atoms with Crippen LogP contribution in [-0.2, 0) is 4.74 Å². The largest absolute Gasteiger partial charge is 0.463 e. The van der Waals surface area contributed by atoms with Gasteiger partial charge >= 0.3 is 5.97 Å². The molecule has 1 aromatic carbocycles. The Morgan fingerprint density at radius 3 is 2.67 bits per heavy atom. The fourth-order valence-corrected chi connectivity index (χ4v) is 1.30. The number of carbonyl (C=O) groups is 1. The highest BCUT2D eigenvalue weighted by molar-refractivity contribution is 5.85. The number of carbonyl (C=O) groups excluding carboxylic acids is 1. The third-order valence-electron chi connectivity index (χ3n) is 2.14. The van der Waals surface area contributed by atoms with Crippen LogP contribution in [0, 0.1) is 5.82 Å². The standard InChI is InChI=1S/C12H10FN3O2/c1-18-12(17)11-14-7-6-10(16-11)15-9-4-2-8(13)3-5-9/h2-7H,1H3,(H,14,15,16). The van der Waals surface area contributed by atoms with Gasteiger partial charge in [0.2, 0.25) is 5.82 Å². The van der Waals surface area contributed by atoms with Crippen LogP contribution in [-0.4, -0.2) is 23.0 Å². The normalized spacial score (nSPS) is 9.89. The molecule has 5 nitrogen and oxygen atoms in total. The SMILES string of the molecule is COC(=O)c1nccc(Nc2ccc(F)cc2)n1. The smallest absolute Gasteiger partial charge is 0.376 e. The number of rotatable bonds is 3. The van der Waals surface area contributed by atoms with Gasteiger partial charge in [-0.3, -0.25) is 0 Å². The van der Waals surface area contributed by atoms with Gasteiger partial charge in [0.15, 0.2) is 0 Å². The lowest BCUT2D eigenvalue weighted by Crippen LogP contribution is -2.08. The van der Waals surface area contributed by atoms with Crippen LogP contribution in [0.4, 0.5) is 15.9 Å². The predicted molar refractivity (Wildman–Crippen MR) is 63.1 cm³/mol. The van der Waals surface area contributed by atoms with Crippen molar-refractivity contribution in [3.05, 3.63) is 48.2 Å². The number of methoxy groups -OCH3 is 1. The van der Waals surface area contributed by atoms with Crippen LogP contribution in [0.5, 0.6) is 0 Å². The number of benzene rings is 1. The molecule has 0 bridgehead atoms. The molecule has 0 saturated carbocycles. The molecule has 18 heavy (non-hydrogen) atoms. The van der Waals surface area contributed by atoms with E-state index in [1.54, 1.807) is 18.2 Å². The summed E-state index contributed by atoms with van der Waals surface area (Å²) in [6.07, 6.45) is 1.44. The van der Waals surface area contributed by atoms with Crippen LogP contribution in [0.3, 0.4) is 0 Å². The van der Waals surface area contributed by atoms with Gasteiger partial charge in [-0.25, -0.2) is 19.2 Å². The zero-order valence-electron chi connectivity index (χ0n) is 9.55. The van der Waals surface area contributed by atoms with Crippen molar-refractivity contribution in [2.24, 2.45) is 0 Å². The Morgan fingerprint density at radius 1 is 1.28 bits per heavy atom. The van der Waals surface area contributed by atoms with Gasteiger partial charge in [-0.1, -0.05) is 0 Å². The molecule has 1 heterocycles. The fourth-order valence-electron chi connectivity index (χ4n) is 1.30. The van der Waals surface area contributed by atoms with E-state index in [0.717, 1.165) is 0 Å². The number of halogens is 1. The van der Waals surface area contributed by atoms with Crippen molar-refractivity contribution in [2.45, 2.75) is 0 Å². The number of hydrogen-bond acceptors (Lipinski definition) is 5. The van der Waals surface area contributed by atoms with E-state index in [-0.39, 0.29) is 11.6 Å². The molecule has 0 amide bonds. The lowest BCUT2D eigenvalue weighted by molar-refractivity contribution is 0.0587. The zero-order valence-corrected chi connectivity index (χ0v) is 9.55. The van der Waals surface area contributed by atoms with Crippen molar-refractivity contribution in [2.75, 3.05) is 12.4 Å². The van der Waals surface area contributed by atoms with Gasteiger partial charge in [-0.15, -0.1) is 0 Å². The molecule has 0 aliphatic rings. The van der Waals surface area contributed by atoms with Gasteiger partial charge in [0, 0.05) is 11.9 Å². The van der Waals surface area contributed by atoms with Crippen LogP contribution in [0.2, 0.25) is 0 Å². The molecule has 0 aliphatic carbocycles.